The molecule has 6 nitrogen and oxygen atoms in total. The average molecular weight is 442 g/mol. The van der Waals surface area contributed by atoms with Crippen LogP contribution in [-0.4, -0.2) is 23.0 Å². The number of benzene rings is 3. The highest BCUT2D eigenvalue weighted by Crippen LogP contribution is 2.20. The van der Waals surface area contributed by atoms with E-state index in [9.17, 15) is 9.59 Å². The number of aromatic nitrogens is 1. The Bertz CT molecular complexity index is 1300. The monoisotopic (exact) mass is 441 g/mol. The number of ether oxygens (including phenoxy) is 1. The molecule has 4 aromatic rings. The number of hydrogen-bond donors (Lipinski definition) is 2. The van der Waals surface area contributed by atoms with Crippen molar-refractivity contribution in [2.45, 2.75) is 26.6 Å². The van der Waals surface area contributed by atoms with E-state index < -0.39 is 0 Å². The molecule has 0 saturated heterocycles. The van der Waals surface area contributed by atoms with E-state index in [1.807, 2.05) is 79.7 Å². The van der Waals surface area contributed by atoms with Crippen molar-refractivity contribution in [2.75, 3.05) is 7.11 Å². The summed E-state index contributed by atoms with van der Waals surface area (Å²) in [5.74, 6) is 0.706. The zero-order valence-corrected chi connectivity index (χ0v) is 18.8. The zero-order chi connectivity index (χ0) is 23.2. The molecular formula is C27H27N3O3. The van der Waals surface area contributed by atoms with Gasteiger partial charge in [0.15, 0.2) is 0 Å². The van der Waals surface area contributed by atoms with E-state index in [4.69, 9.17) is 4.74 Å². The second kappa shape index (κ2) is 10.0. The maximum absolute atomic E-state index is 13.2. The van der Waals surface area contributed by atoms with Gasteiger partial charge in [0, 0.05) is 29.6 Å². The summed E-state index contributed by atoms with van der Waals surface area (Å²) in [5.41, 5.74) is 4.18. The molecule has 3 aromatic carbocycles. The summed E-state index contributed by atoms with van der Waals surface area (Å²) in [5, 5.41) is 3.83. The summed E-state index contributed by atoms with van der Waals surface area (Å²) in [6, 6.07) is 24.9. The first kappa shape index (κ1) is 22.1. The summed E-state index contributed by atoms with van der Waals surface area (Å²) in [6.45, 7) is 3.00. The molecule has 0 saturated carbocycles. The van der Waals surface area contributed by atoms with Gasteiger partial charge >= 0.3 is 6.03 Å². The largest absolute Gasteiger partial charge is 0.497 e. The number of pyridine rings is 1. The number of nitrogens with one attached hydrogen (secondary N) is 2. The van der Waals surface area contributed by atoms with Gasteiger partial charge in [-0.05, 0) is 42.3 Å². The number of carbonyl (C=O) groups excluding carboxylic acids is 1. The fourth-order valence-electron chi connectivity index (χ4n) is 3.68. The number of rotatable bonds is 7. The SMILES string of the molecule is COc1ccc2[nH]c(=O)c(CN(Cc3ccc(C)cc3)C(=O)NCc3ccccc3)cc2c1. The second-order valence-corrected chi connectivity index (χ2v) is 8.06. The van der Waals surface area contributed by atoms with Crippen molar-refractivity contribution in [2.24, 2.45) is 0 Å². The molecular weight excluding hydrogens is 414 g/mol. The fraction of sp³-hybridized carbons (Fsp3) is 0.185. The number of aromatic amines is 1. The zero-order valence-electron chi connectivity index (χ0n) is 18.8. The first-order chi connectivity index (χ1) is 16.0. The summed E-state index contributed by atoms with van der Waals surface area (Å²) in [7, 11) is 1.61. The van der Waals surface area contributed by atoms with Gasteiger partial charge in [-0.15, -0.1) is 0 Å². The lowest BCUT2D eigenvalue weighted by atomic mass is 10.1. The molecule has 0 aliphatic heterocycles. The Morgan fingerprint density at radius 3 is 2.42 bits per heavy atom. The van der Waals surface area contributed by atoms with Gasteiger partial charge in [0.1, 0.15) is 5.75 Å². The van der Waals surface area contributed by atoms with Crippen LogP contribution < -0.4 is 15.6 Å². The Hall–Kier alpha value is -4.06. The smallest absolute Gasteiger partial charge is 0.318 e. The first-order valence-corrected chi connectivity index (χ1v) is 10.8. The van der Waals surface area contributed by atoms with Gasteiger partial charge in [-0.2, -0.15) is 0 Å². The van der Waals surface area contributed by atoms with Crippen LogP contribution in [0, 0.1) is 6.92 Å². The Kier molecular flexibility index (Phi) is 6.74. The quantitative estimate of drug-likeness (QED) is 0.434. The predicted octanol–water partition coefficient (Wildman–Crippen LogP) is 4.76. The van der Waals surface area contributed by atoms with Gasteiger partial charge < -0.3 is 19.9 Å². The number of fused-ring (bicyclic) bond motifs is 1. The van der Waals surface area contributed by atoms with Crippen LogP contribution in [0.1, 0.15) is 22.3 Å². The van der Waals surface area contributed by atoms with Crippen LogP contribution in [0.15, 0.2) is 83.7 Å². The predicted molar refractivity (Wildman–Crippen MR) is 130 cm³/mol. The van der Waals surface area contributed by atoms with Crippen molar-refractivity contribution in [1.82, 2.24) is 15.2 Å². The Morgan fingerprint density at radius 1 is 0.939 bits per heavy atom. The average Bonchev–Trinajstić information content (AvgIpc) is 2.84. The second-order valence-electron chi connectivity index (χ2n) is 8.06. The highest BCUT2D eigenvalue weighted by Gasteiger charge is 2.17. The molecule has 0 bridgehead atoms. The van der Waals surface area contributed by atoms with Crippen molar-refractivity contribution in [1.29, 1.82) is 0 Å². The summed E-state index contributed by atoms with van der Waals surface area (Å²) < 4.78 is 5.31. The maximum atomic E-state index is 13.2. The van der Waals surface area contributed by atoms with Gasteiger partial charge in [0.25, 0.3) is 5.56 Å². The van der Waals surface area contributed by atoms with E-state index >= 15 is 0 Å². The molecule has 0 atom stereocenters. The van der Waals surface area contributed by atoms with Crippen molar-refractivity contribution in [3.05, 3.63) is 111 Å². The molecule has 0 radical (unpaired) electrons. The molecule has 4 rings (SSSR count). The number of aryl methyl sites for hydroxylation is 1. The van der Waals surface area contributed by atoms with E-state index in [1.54, 1.807) is 18.1 Å². The third kappa shape index (κ3) is 5.60. The van der Waals surface area contributed by atoms with Crippen LogP contribution in [0.4, 0.5) is 4.79 Å². The Balaban J connectivity index is 1.60. The normalized spacial score (nSPS) is 10.7. The van der Waals surface area contributed by atoms with E-state index in [0.717, 1.165) is 27.6 Å². The standard InChI is InChI=1S/C27H27N3O3/c1-19-8-10-21(11-9-19)17-30(27(32)28-16-20-6-4-3-5-7-20)18-23-14-22-15-24(33-2)12-13-25(22)29-26(23)31/h3-15H,16-18H2,1-2H3,(H,28,32)(H,29,31). The minimum atomic E-state index is -0.232. The van der Waals surface area contributed by atoms with E-state index in [0.29, 0.717) is 24.4 Å². The molecule has 6 heteroatoms. The van der Waals surface area contributed by atoms with E-state index in [1.165, 1.54) is 0 Å². The Morgan fingerprint density at radius 2 is 1.70 bits per heavy atom. The number of H-pyrrole nitrogens is 1. The highest BCUT2D eigenvalue weighted by molar-refractivity contribution is 5.81. The number of hydrogen-bond acceptors (Lipinski definition) is 3. The van der Waals surface area contributed by atoms with Crippen LogP contribution in [0.2, 0.25) is 0 Å². The van der Waals surface area contributed by atoms with Crippen molar-refractivity contribution in [3.63, 3.8) is 0 Å². The van der Waals surface area contributed by atoms with Crippen LogP contribution in [-0.2, 0) is 19.6 Å². The molecule has 0 aliphatic carbocycles. The summed E-state index contributed by atoms with van der Waals surface area (Å²) in [4.78, 5) is 30.5. The van der Waals surface area contributed by atoms with Gasteiger partial charge in [-0.25, -0.2) is 4.79 Å². The van der Waals surface area contributed by atoms with Crippen molar-refractivity contribution in [3.8, 4) is 5.75 Å². The minimum Gasteiger partial charge on any atom is -0.497 e. The number of amides is 2. The van der Waals surface area contributed by atoms with E-state index in [2.05, 4.69) is 10.3 Å². The lowest BCUT2D eigenvalue weighted by Crippen LogP contribution is -2.39. The third-order valence-electron chi connectivity index (χ3n) is 5.56. The number of carbonyl (C=O) groups is 1. The molecule has 0 aliphatic rings. The van der Waals surface area contributed by atoms with Gasteiger partial charge in [-0.3, -0.25) is 4.79 Å². The molecule has 1 heterocycles. The summed E-state index contributed by atoms with van der Waals surface area (Å²) in [6.07, 6.45) is 0. The van der Waals surface area contributed by atoms with Crippen molar-refractivity contribution >= 4 is 16.9 Å². The number of urea groups is 1. The van der Waals surface area contributed by atoms with Crippen LogP contribution in [0.25, 0.3) is 10.9 Å². The summed E-state index contributed by atoms with van der Waals surface area (Å²) >= 11 is 0. The van der Waals surface area contributed by atoms with Crippen LogP contribution in [0.3, 0.4) is 0 Å². The molecule has 2 N–H and O–H groups in total. The van der Waals surface area contributed by atoms with Gasteiger partial charge in [0.2, 0.25) is 0 Å². The van der Waals surface area contributed by atoms with Gasteiger partial charge in [0.05, 0.1) is 13.7 Å². The number of nitrogens with zero attached hydrogens (tertiary/aromatic N) is 1. The number of methoxy groups -OCH3 is 1. The van der Waals surface area contributed by atoms with Gasteiger partial charge in [-0.1, -0.05) is 60.2 Å². The molecule has 33 heavy (non-hydrogen) atoms. The molecule has 2 amide bonds. The lowest BCUT2D eigenvalue weighted by Gasteiger charge is -2.23. The topological polar surface area (TPSA) is 74.4 Å². The molecule has 1 aromatic heterocycles. The molecule has 0 spiro atoms. The minimum absolute atomic E-state index is 0.178. The molecule has 168 valence electrons. The first-order valence-electron chi connectivity index (χ1n) is 10.8. The highest BCUT2D eigenvalue weighted by atomic mass is 16.5. The molecule has 0 fully saturated rings. The lowest BCUT2D eigenvalue weighted by molar-refractivity contribution is 0.191. The third-order valence-corrected chi connectivity index (χ3v) is 5.56. The van der Waals surface area contributed by atoms with Crippen LogP contribution in [0.5, 0.6) is 5.75 Å². The molecule has 0 unspecified atom stereocenters. The van der Waals surface area contributed by atoms with Crippen LogP contribution >= 0.6 is 0 Å². The maximum Gasteiger partial charge on any atom is 0.318 e. The van der Waals surface area contributed by atoms with Crippen molar-refractivity contribution < 1.29 is 9.53 Å². The van der Waals surface area contributed by atoms with E-state index in [-0.39, 0.29) is 18.1 Å². The fourth-order valence-corrected chi connectivity index (χ4v) is 3.68. The Labute approximate surface area is 192 Å².